The van der Waals surface area contributed by atoms with Gasteiger partial charge in [0.25, 0.3) is 5.91 Å². The third kappa shape index (κ3) is 6.57. The minimum Gasteiger partial charge on any atom is -0.360 e. The van der Waals surface area contributed by atoms with Gasteiger partial charge >= 0.3 is 0 Å². The highest BCUT2D eigenvalue weighted by Gasteiger charge is 2.13. The first-order chi connectivity index (χ1) is 15.5. The predicted octanol–water partition coefficient (Wildman–Crippen LogP) is 5.45. The Kier molecular flexibility index (Phi) is 8.68. The number of nitrogens with zero attached hydrogens (tertiary/aromatic N) is 4. The molecule has 0 saturated carbocycles. The van der Waals surface area contributed by atoms with Crippen LogP contribution in [-0.4, -0.2) is 41.4 Å². The van der Waals surface area contributed by atoms with Crippen LogP contribution in [0, 0.1) is 0 Å². The van der Waals surface area contributed by atoms with E-state index in [1.54, 1.807) is 16.7 Å². The van der Waals surface area contributed by atoms with Gasteiger partial charge < -0.3 is 9.80 Å². The van der Waals surface area contributed by atoms with Crippen LogP contribution >= 0.6 is 11.8 Å². The van der Waals surface area contributed by atoms with Crippen molar-refractivity contribution in [1.82, 2.24) is 14.9 Å². The van der Waals surface area contributed by atoms with Crippen LogP contribution < -0.4 is 4.90 Å². The summed E-state index contributed by atoms with van der Waals surface area (Å²) in [6, 6.07) is 20.0. The lowest BCUT2D eigenvalue weighted by Crippen LogP contribution is -2.26. The zero-order valence-corrected chi connectivity index (χ0v) is 20.2. The van der Waals surface area contributed by atoms with Crippen molar-refractivity contribution < 1.29 is 4.79 Å². The van der Waals surface area contributed by atoms with Crippen molar-refractivity contribution in [2.75, 3.05) is 25.5 Å². The Morgan fingerprint density at radius 3 is 2.41 bits per heavy atom. The number of thioether (sulfide) groups is 1. The summed E-state index contributed by atoms with van der Waals surface area (Å²) in [6.45, 7) is 5.83. The smallest absolute Gasteiger partial charge is 0.253 e. The maximum atomic E-state index is 12.9. The number of hydrogen-bond donors (Lipinski definition) is 0. The fourth-order valence-corrected chi connectivity index (χ4v) is 4.26. The van der Waals surface area contributed by atoms with Crippen molar-refractivity contribution in [3.8, 4) is 0 Å². The van der Waals surface area contributed by atoms with Gasteiger partial charge in [-0.3, -0.25) is 4.79 Å². The second kappa shape index (κ2) is 11.7. The number of anilines is 1. The highest BCUT2D eigenvalue weighted by molar-refractivity contribution is 7.98. The minimum absolute atomic E-state index is 0.0217. The first-order valence-electron chi connectivity index (χ1n) is 11.1. The summed E-state index contributed by atoms with van der Waals surface area (Å²) >= 11 is 1.61. The normalized spacial score (nSPS) is 10.8. The highest BCUT2D eigenvalue weighted by Crippen LogP contribution is 2.24. The van der Waals surface area contributed by atoms with Gasteiger partial charge in [0, 0.05) is 50.3 Å². The molecule has 0 atom stereocenters. The van der Waals surface area contributed by atoms with Crippen LogP contribution in [0.3, 0.4) is 0 Å². The average Bonchev–Trinajstić information content (AvgIpc) is 2.83. The molecule has 0 aliphatic rings. The van der Waals surface area contributed by atoms with E-state index < -0.39 is 0 Å². The fraction of sp³-hybridized carbons (Fsp3) is 0.346. The van der Waals surface area contributed by atoms with Crippen LogP contribution in [0.5, 0.6) is 0 Å². The maximum absolute atomic E-state index is 12.9. The van der Waals surface area contributed by atoms with Gasteiger partial charge in [0.05, 0.1) is 0 Å². The molecule has 0 radical (unpaired) electrons. The monoisotopic (exact) mass is 448 g/mol. The summed E-state index contributed by atoms with van der Waals surface area (Å²) in [7, 11) is 3.91. The molecule has 0 fully saturated rings. The molecule has 5 nitrogen and oxygen atoms in total. The second-order valence-electron chi connectivity index (χ2n) is 7.91. The number of benzene rings is 2. The van der Waals surface area contributed by atoms with Crippen LogP contribution in [-0.2, 0) is 18.7 Å². The minimum atomic E-state index is 0.0217. The lowest BCUT2D eigenvalue weighted by molar-refractivity contribution is 0.0785. The van der Waals surface area contributed by atoms with Crippen LogP contribution in [0.15, 0.2) is 65.8 Å². The van der Waals surface area contributed by atoms with Crippen molar-refractivity contribution in [3.63, 3.8) is 0 Å². The summed E-state index contributed by atoms with van der Waals surface area (Å²) in [5, 5.41) is 0.778. The molecule has 32 heavy (non-hydrogen) atoms. The van der Waals surface area contributed by atoms with Gasteiger partial charge in [-0.25, -0.2) is 9.97 Å². The molecule has 1 heterocycles. The van der Waals surface area contributed by atoms with E-state index in [0.29, 0.717) is 17.9 Å². The summed E-state index contributed by atoms with van der Waals surface area (Å²) in [5.41, 5.74) is 3.95. The van der Waals surface area contributed by atoms with E-state index >= 15 is 0 Å². The average molecular weight is 449 g/mol. The van der Waals surface area contributed by atoms with Crippen molar-refractivity contribution in [1.29, 1.82) is 0 Å². The van der Waals surface area contributed by atoms with Gasteiger partial charge in [0.15, 0.2) is 5.16 Å². The third-order valence-electron chi connectivity index (χ3n) is 5.21. The molecule has 3 aromatic rings. The van der Waals surface area contributed by atoms with Gasteiger partial charge in [-0.05, 0) is 36.1 Å². The topological polar surface area (TPSA) is 49.3 Å². The van der Waals surface area contributed by atoms with E-state index in [9.17, 15) is 4.79 Å². The molecule has 0 N–H and O–H groups in total. The van der Waals surface area contributed by atoms with Gasteiger partial charge in [-0.1, -0.05) is 68.1 Å². The molecule has 0 aliphatic heterocycles. The van der Waals surface area contributed by atoms with Gasteiger partial charge in [0.2, 0.25) is 0 Å². The summed E-state index contributed by atoms with van der Waals surface area (Å²) < 4.78 is 0. The Hall–Kier alpha value is -2.86. The number of carbonyl (C=O) groups excluding carboxylic acids is 1. The zero-order valence-electron chi connectivity index (χ0n) is 19.4. The van der Waals surface area contributed by atoms with Crippen LogP contribution in [0.1, 0.15) is 47.4 Å². The Morgan fingerprint density at radius 2 is 1.69 bits per heavy atom. The first kappa shape index (κ1) is 23.8. The van der Waals surface area contributed by atoms with Crippen LogP contribution in [0.25, 0.3) is 0 Å². The molecule has 1 amide bonds. The number of rotatable bonds is 10. The van der Waals surface area contributed by atoms with E-state index in [-0.39, 0.29) is 5.91 Å². The zero-order chi connectivity index (χ0) is 22.9. The number of carbonyl (C=O) groups is 1. The van der Waals surface area contributed by atoms with E-state index in [4.69, 9.17) is 9.97 Å². The lowest BCUT2D eigenvalue weighted by Gasteiger charge is -2.18. The van der Waals surface area contributed by atoms with E-state index in [0.717, 1.165) is 47.2 Å². The Morgan fingerprint density at radius 1 is 0.938 bits per heavy atom. The van der Waals surface area contributed by atoms with Gasteiger partial charge in [-0.15, -0.1) is 0 Å². The Bertz CT molecular complexity index is 1030. The van der Waals surface area contributed by atoms with Crippen molar-refractivity contribution in [2.45, 2.75) is 44.1 Å². The molecule has 0 bridgehead atoms. The molecule has 2 aromatic carbocycles. The van der Waals surface area contributed by atoms with Crippen LogP contribution in [0.4, 0.5) is 5.82 Å². The molecular formula is C26H32N4OS. The molecule has 0 aliphatic carbocycles. The quantitative estimate of drug-likeness (QED) is 0.305. The Labute approximate surface area is 195 Å². The molecular weight excluding hydrogens is 416 g/mol. The molecule has 0 saturated heterocycles. The lowest BCUT2D eigenvalue weighted by atomic mass is 10.1. The van der Waals surface area contributed by atoms with Gasteiger partial charge in [-0.2, -0.15) is 0 Å². The van der Waals surface area contributed by atoms with Crippen LogP contribution in [0.2, 0.25) is 0 Å². The highest BCUT2D eigenvalue weighted by atomic mass is 32.2. The molecule has 3 rings (SSSR count). The van der Waals surface area contributed by atoms with E-state index in [2.05, 4.69) is 37.9 Å². The Balaban J connectivity index is 1.68. The first-order valence-corrected chi connectivity index (χ1v) is 12.1. The molecule has 0 spiro atoms. The third-order valence-corrected chi connectivity index (χ3v) is 6.13. The van der Waals surface area contributed by atoms with E-state index in [1.165, 1.54) is 0 Å². The summed E-state index contributed by atoms with van der Waals surface area (Å²) in [6.07, 6.45) is 1.95. The number of hydrogen-bond acceptors (Lipinski definition) is 5. The fourth-order valence-electron chi connectivity index (χ4n) is 3.44. The number of aryl methyl sites for hydroxylation is 1. The maximum Gasteiger partial charge on any atom is 0.253 e. The molecule has 1 aromatic heterocycles. The second-order valence-corrected chi connectivity index (χ2v) is 8.85. The SMILES string of the molecule is CCCN(C)c1cc(CC)nc(SCc2cccc(C(=O)N(C)Cc3ccccc3)c2)n1. The summed E-state index contributed by atoms with van der Waals surface area (Å²) in [4.78, 5) is 26.3. The molecule has 168 valence electrons. The predicted molar refractivity (Wildman–Crippen MR) is 133 cm³/mol. The van der Waals surface area contributed by atoms with Crippen molar-refractivity contribution in [2.24, 2.45) is 0 Å². The standard InChI is InChI=1S/C26H32N4OS/c1-5-15-29(3)24-17-23(6-2)27-26(28-24)32-19-21-13-10-14-22(16-21)25(31)30(4)18-20-11-8-7-9-12-20/h7-14,16-17H,5-6,15,18-19H2,1-4H3. The molecule has 6 heteroatoms. The van der Waals surface area contributed by atoms with E-state index in [1.807, 2.05) is 55.6 Å². The largest absolute Gasteiger partial charge is 0.360 e. The van der Waals surface area contributed by atoms with Crippen molar-refractivity contribution in [3.05, 3.63) is 83.0 Å². The number of aromatic nitrogens is 2. The number of amides is 1. The molecule has 0 unspecified atom stereocenters. The summed E-state index contributed by atoms with van der Waals surface area (Å²) in [5.74, 6) is 1.70. The van der Waals surface area contributed by atoms with Crippen molar-refractivity contribution >= 4 is 23.5 Å². The van der Waals surface area contributed by atoms with Gasteiger partial charge in [0.1, 0.15) is 5.82 Å².